The van der Waals surface area contributed by atoms with Crippen LogP contribution in [0.15, 0.2) is 59.1 Å². The number of hydrogen-bond donors (Lipinski definition) is 0. The average molecular weight is 510 g/mol. The molecule has 3 aromatic carbocycles. The number of hydrogen-bond acceptors (Lipinski definition) is 5. The van der Waals surface area contributed by atoms with E-state index in [1.165, 1.54) is 0 Å². The highest BCUT2D eigenvalue weighted by atomic mass is 79.9. The van der Waals surface area contributed by atoms with E-state index in [9.17, 15) is 9.59 Å². The van der Waals surface area contributed by atoms with Crippen LogP contribution in [0.25, 0.3) is 32.9 Å². The van der Waals surface area contributed by atoms with Crippen molar-refractivity contribution in [1.82, 2.24) is 4.57 Å². The van der Waals surface area contributed by atoms with Gasteiger partial charge in [-0.05, 0) is 50.1 Å². The van der Waals surface area contributed by atoms with Gasteiger partial charge in [0.25, 0.3) is 0 Å². The lowest BCUT2D eigenvalue weighted by atomic mass is 9.94. The first-order valence-corrected chi connectivity index (χ1v) is 11.7. The van der Waals surface area contributed by atoms with Crippen LogP contribution in [-0.2, 0) is 15.9 Å². The Kier molecular flexibility index (Phi) is 6.70. The van der Waals surface area contributed by atoms with Gasteiger partial charge >= 0.3 is 12.2 Å². The Morgan fingerprint density at radius 2 is 1.64 bits per heavy atom. The lowest BCUT2D eigenvalue weighted by molar-refractivity contribution is 0.104. The van der Waals surface area contributed by atoms with Crippen molar-refractivity contribution in [2.24, 2.45) is 0 Å². The number of halogens is 1. The fourth-order valence-electron chi connectivity index (χ4n) is 4.14. The van der Waals surface area contributed by atoms with E-state index in [1.807, 2.05) is 61.5 Å². The minimum absolute atomic E-state index is 0.211. The number of carbonyl (C=O) groups excluding carboxylic acids is 2. The van der Waals surface area contributed by atoms with Crippen molar-refractivity contribution >= 4 is 50.0 Å². The van der Waals surface area contributed by atoms with E-state index in [2.05, 4.69) is 15.9 Å². The third kappa shape index (κ3) is 4.20. The normalized spacial score (nSPS) is 11.0. The van der Waals surface area contributed by atoms with Crippen molar-refractivity contribution < 1.29 is 23.8 Å². The van der Waals surface area contributed by atoms with Gasteiger partial charge in [-0.25, -0.2) is 14.2 Å². The molecule has 0 atom stereocenters. The molecule has 4 rings (SSSR count). The Morgan fingerprint density at radius 3 is 2.30 bits per heavy atom. The molecule has 7 heteroatoms. The Morgan fingerprint density at radius 1 is 0.909 bits per heavy atom. The van der Waals surface area contributed by atoms with Gasteiger partial charge in [-0.1, -0.05) is 53.2 Å². The van der Waals surface area contributed by atoms with Crippen LogP contribution in [0.5, 0.6) is 5.75 Å². The summed E-state index contributed by atoms with van der Waals surface area (Å²) in [5.41, 5.74) is 3.94. The highest BCUT2D eigenvalue weighted by molar-refractivity contribution is 9.10. The topological polar surface area (TPSA) is 66.8 Å². The summed E-state index contributed by atoms with van der Waals surface area (Å²) in [4.78, 5) is 25.4. The van der Waals surface area contributed by atoms with Crippen LogP contribution in [0.3, 0.4) is 0 Å². The molecule has 0 spiro atoms. The van der Waals surface area contributed by atoms with Gasteiger partial charge in [-0.2, -0.15) is 0 Å². The third-order valence-electron chi connectivity index (χ3n) is 5.40. The predicted octanol–water partition coefficient (Wildman–Crippen LogP) is 7.33. The Labute approximate surface area is 200 Å². The molecule has 0 aliphatic carbocycles. The van der Waals surface area contributed by atoms with Crippen LogP contribution in [0.1, 0.15) is 26.3 Å². The molecule has 0 N–H and O–H groups in total. The summed E-state index contributed by atoms with van der Waals surface area (Å²) in [5, 5.41) is 1.61. The maximum atomic E-state index is 13.2. The van der Waals surface area contributed by atoms with Crippen LogP contribution in [0.4, 0.5) is 9.59 Å². The molecule has 0 aliphatic heterocycles. The van der Waals surface area contributed by atoms with Crippen molar-refractivity contribution in [2.75, 3.05) is 13.2 Å². The van der Waals surface area contributed by atoms with Crippen molar-refractivity contribution in [3.05, 3.63) is 64.6 Å². The summed E-state index contributed by atoms with van der Waals surface area (Å²) in [6.07, 6.45) is -0.651. The largest absolute Gasteiger partial charge is 0.513 e. The molecule has 0 amide bonds. The van der Waals surface area contributed by atoms with Crippen LogP contribution < -0.4 is 4.74 Å². The van der Waals surface area contributed by atoms with E-state index in [-0.39, 0.29) is 13.2 Å². The average Bonchev–Trinajstić information content (AvgIpc) is 3.12. The van der Waals surface area contributed by atoms with Crippen LogP contribution in [-0.4, -0.2) is 30.0 Å². The highest BCUT2D eigenvalue weighted by Gasteiger charge is 2.26. The zero-order valence-electron chi connectivity index (χ0n) is 18.7. The van der Waals surface area contributed by atoms with Gasteiger partial charge in [0.1, 0.15) is 5.75 Å². The van der Waals surface area contributed by atoms with Gasteiger partial charge in [0.2, 0.25) is 0 Å². The maximum Gasteiger partial charge on any atom is 0.513 e. The minimum Gasteiger partial charge on any atom is -0.449 e. The summed E-state index contributed by atoms with van der Waals surface area (Å²) in [5.74, 6) is 0.408. The molecule has 170 valence electrons. The van der Waals surface area contributed by atoms with E-state index < -0.39 is 12.2 Å². The first-order valence-electron chi connectivity index (χ1n) is 10.9. The van der Waals surface area contributed by atoms with Crippen LogP contribution >= 0.6 is 15.9 Å². The molecule has 0 aliphatic rings. The third-order valence-corrected chi connectivity index (χ3v) is 5.89. The molecule has 0 unspecified atom stereocenters. The zero-order chi connectivity index (χ0) is 23.5. The lowest BCUT2D eigenvalue weighted by Crippen LogP contribution is -2.15. The molecule has 0 bridgehead atoms. The smallest absolute Gasteiger partial charge is 0.449 e. The zero-order valence-corrected chi connectivity index (χ0v) is 20.3. The minimum atomic E-state index is -0.763. The van der Waals surface area contributed by atoms with Gasteiger partial charge in [0.15, 0.2) is 0 Å². The second kappa shape index (κ2) is 9.67. The quantitative estimate of drug-likeness (QED) is 0.208. The van der Waals surface area contributed by atoms with Gasteiger partial charge in [-0.15, -0.1) is 0 Å². The fourth-order valence-corrected chi connectivity index (χ4v) is 4.50. The van der Waals surface area contributed by atoms with Crippen molar-refractivity contribution in [1.29, 1.82) is 0 Å². The van der Waals surface area contributed by atoms with Crippen molar-refractivity contribution in [2.45, 2.75) is 27.2 Å². The molecule has 0 radical (unpaired) electrons. The van der Waals surface area contributed by atoms with Crippen LogP contribution in [0.2, 0.25) is 0 Å². The summed E-state index contributed by atoms with van der Waals surface area (Å²) < 4.78 is 18.6. The second-order valence-electron chi connectivity index (χ2n) is 7.32. The van der Waals surface area contributed by atoms with E-state index in [0.717, 1.165) is 31.9 Å². The van der Waals surface area contributed by atoms with E-state index in [4.69, 9.17) is 14.2 Å². The number of nitrogens with zero attached hydrogens (tertiary/aromatic N) is 1. The van der Waals surface area contributed by atoms with E-state index >= 15 is 0 Å². The van der Waals surface area contributed by atoms with Crippen molar-refractivity contribution in [3.63, 3.8) is 0 Å². The summed E-state index contributed by atoms with van der Waals surface area (Å²) >= 11 is 3.54. The molecule has 0 fully saturated rings. The maximum absolute atomic E-state index is 13.2. The number of rotatable bonds is 5. The van der Waals surface area contributed by atoms with Crippen LogP contribution in [0, 0.1) is 0 Å². The summed E-state index contributed by atoms with van der Waals surface area (Å²) in [7, 11) is 0. The van der Waals surface area contributed by atoms with E-state index in [0.29, 0.717) is 23.2 Å². The number of carbonyl (C=O) groups is 2. The molecule has 0 saturated heterocycles. The van der Waals surface area contributed by atoms with Gasteiger partial charge in [0.05, 0.1) is 24.2 Å². The lowest BCUT2D eigenvalue weighted by Gasteiger charge is -2.17. The molecule has 6 nitrogen and oxygen atoms in total. The molecule has 4 aromatic rings. The molecular formula is C26H24BrNO5. The Bertz CT molecular complexity index is 1340. The van der Waals surface area contributed by atoms with Gasteiger partial charge < -0.3 is 14.2 Å². The predicted molar refractivity (Wildman–Crippen MR) is 132 cm³/mol. The number of aromatic nitrogens is 1. The van der Waals surface area contributed by atoms with Gasteiger partial charge in [0, 0.05) is 26.4 Å². The number of ether oxygens (including phenoxy) is 3. The van der Waals surface area contributed by atoms with E-state index in [1.54, 1.807) is 18.4 Å². The first-order chi connectivity index (χ1) is 16.0. The highest BCUT2D eigenvalue weighted by Crippen LogP contribution is 2.43. The van der Waals surface area contributed by atoms with Crippen molar-refractivity contribution in [3.8, 4) is 16.9 Å². The Hall–Kier alpha value is -3.32. The fraction of sp³-hybridized carbons (Fsp3) is 0.231. The molecule has 1 aromatic heterocycles. The SMILES string of the molecule is CCOC(=O)Oc1cc2c3cc(Br)ccc3n(C(=O)OCC)c2c(-c2ccccc2)c1CC. The molecule has 1 heterocycles. The standard InChI is InChI=1S/C26H24BrNO5/c1-4-18-22(33-26(30)32-6-3)15-20-19-14-17(27)12-13-21(19)28(25(29)31-5-2)24(20)23(18)16-10-8-7-9-11-16/h7-15H,4-6H2,1-3H3. The first kappa shape index (κ1) is 22.9. The number of fused-ring (bicyclic) bond motifs is 3. The van der Waals surface area contributed by atoms with Gasteiger partial charge in [-0.3, -0.25) is 0 Å². The molecular weight excluding hydrogens is 486 g/mol. The summed E-state index contributed by atoms with van der Waals surface area (Å²) in [6.45, 7) is 5.96. The molecule has 0 saturated carbocycles. The monoisotopic (exact) mass is 509 g/mol. The summed E-state index contributed by atoms with van der Waals surface area (Å²) in [6, 6.07) is 17.3. The second-order valence-corrected chi connectivity index (χ2v) is 8.24. The number of benzene rings is 3. The molecule has 33 heavy (non-hydrogen) atoms. The Balaban J connectivity index is 2.18.